The highest BCUT2D eigenvalue weighted by molar-refractivity contribution is 6.27. The second-order valence-corrected chi connectivity index (χ2v) is 4.78. The molecule has 96 valence electrons. The highest BCUT2D eigenvalue weighted by Gasteiger charge is 2.46. The van der Waals surface area contributed by atoms with Crippen molar-refractivity contribution in [3.8, 4) is 0 Å². The number of hydrogen-bond acceptors (Lipinski definition) is 4. The number of carbonyl (C=O) groups is 2. The Kier molecular flexibility index (Phi) is 2.43. The maximum atomic E-state index is 12.3. The van der Waals surface area contributed by atoms with E-state index in [1.165, 1.54) is 0 Å². The molecule has 0 bridgehead atoms. The van der Waals surface area contributed by atoms with Crippen LogP contribution in [-0.2, 0) is 4.74 Å². The fourth-order valence-corrected chi connectivity index (χ4v) is 2.47. The van der Waals surface area contributed by atoms with Crippen LogP contribution in [0.4, 0.5) is 0 Å². The Morgan fingerprint density at radius 2 is 1.79 bits per heavy atom. The van der Waals surface area contributed by atoms with Gasteiger partial charge >= 0.3 is 0 Å². The van der Waals surface area contributed by atoms with Crippen LogP contribution < -0.4 is 0 Å². The van der Waals surface area contributed by atoms with E-state index in [0.29, 0.717) is 16.7 Å². The van der Waals surface area contributed by atoms with E-state index in [1.54, 1.807) is 31.2 Å². The highest BCUT2D eigenvalue weighted by atomic mass is 16.5. The van der Waals surface area contributed by atoms with E-state index in [4.69, 9.17) is 4.74 Å². The summed E-state index contributed by atoms with van der Waals surface area (Å²) in [5.41, 5.74) is 1.26. The fourth-order valence-electron chi connectivity index (χ4n) is 2.47. The Balaban J connectivity index is 2.14. The molecule has 0 saturated heterocycles. The molecule has 0 aromatic heterocycles. The lowest BCUT2D eigenvalue weighted by Crippen LogP contribution is -2.28. The molecule has 1 heterocycles. The van der Waals surface area contributed by atoms with Crippen molar-refractivity contribution in [1.82, 2.24) is 0 Å². The minimum absolute atomic E-state index is 0.0378. The third-order valence-electron chi connectivity index (χ3n) is 3.42. The SMILES string of the molecule is C=C(C)[C@H]1OC2=C(C(=O)c3ccccc3C2=O)[C@@H]1O. The predicted octanol–water partition coefficient (Wildman–Crippen LogP) is 1.66. The lowest BCUT2D eigenvalue weighted by atomic mass is 9.86. The van der Waals surface area contributed by atoms with Crippen LogP contribution in [0, 0.1) is 0 Å². The average molecular weight is 256 g/mol. The first kappa shape index (κ1) is 11.9. The summed E-state index contributed by atoms with van der Waals surface area (Å²) < 4.78 is 5.44. The summed E-state index contributed by atoms with van der Waals surface area (Å²) >= 11 is 0. The van der Waals surface area contributed by atoms with Crippen molar-refractivity contribution in [2.75, 3.05) is 0 Å². The number of aliphatic hydroxyl groups excluding tert-OH is 1. The maximum Gasteiger partial charge on any atom is 0.228 e. The van der Waals surface area contributed by atoms with Gasteiger partial charge in [0, 0.05) is 11.1 Å². The van der Waals surface area contributed by atoms with Gasteiger partial charge in [-0.1, -0.05) is 30.8 Å². The molecule has 4 nitrogen and oxygen atoms in total. The summed E-state index contributed by atoms with van der Waals surface area (Å²) in [5.74, 6) is -0.737. The van der Waals surface area contributed by atoms with Crippen molar-refractivity contribution < 1.29 is 19.4 Å². The predicted molar refractivity (Wildman–Crippen MR) is 67.8 cm³/mol. The van der Waals surface area contributed by atoms with Gasteiger partial charge in [0.2, 0.25) is 5.78 Å². The van der Waals surface area contributed by atoms with Gasteiger partial charge in [0.15, 0.2) is 11.5 Å². The quantitative estimate of drug-likeness (QED) is 0.776. The molecule has 19 heavy (non-hydrogen) atoms. The number of fused-ring (bicyclic) bond motifs is 1. The minimum Gasteiger partial charge on any atom is -0.478 e. The molecular formula is C15H12O4. The maximum absolute atomic E-state index is 12.3. The highest BCUT2D eigenvalue weighted by Crippen LogP contribution is 2.37. The van der Waals surface area contributed by atoms with Gasteiger partial charge in [-0.3, -0.25) is 9.59 Å². The van der Waals surface area contributed by atoms with Gasteiger partial charge in [0.1, 0.15) is 12.2 Å². The molecule has 1 N–H and O–H groups in total. The zero-order valence-corrected chi connectivity index (χ0v) is 10.3. The van der Waals surface area contributed by atoms with E-state index in [-0.39, 0.29) is 22.9 Å². The molecule has 2 atom stereocenters. The normalized spacial score (nSPS) is 24.9. The summed E-state index contributed by atoms with van der Waals surface area (Å²) in [6.07, 6.45) is -1.86. The molecule has 0 unspecified atom stereocenters. The van der Waals surface area contributed by atoms with Crippen molar-refractivity contribution in [3.63, 3.8) is 0 Å². The third-order valence-corrected chi connectivity index (χ3v) is 3.42. The van der Waals surface area contributed by atoms with Crippen molar-refractivity contribution in [2.45, 2.75) is 19.1 Å². The van der Waals surface area contributed by atoms with Gasteiger partial charge in [-0.05, 0) is 12.5 Å². The monoisotopic (exact) mass is 256 g/mol. The smallest absolute Gasteiger partial charge is 0.228 e. The van der Waals surface area contributed by atoms with Crippen LogP contribution in [0.3, 0.4) is 0 Å². The molecule has 4 heteroatoms. The fraction of sp³-hybridized carbons (Fsp3) is 0.200. The molecule has 1 aromatic carbocycles. The van der Waals surface area contributed by atoms with Gasteiger partial charge in [0.25, 0.3) is 0 Å². The Labute approximate surface area is 110 Å². The van der Waals surface area contributed by atoms with Crippen LogP contribution in [0.1, 0.15) is 27.6 Å². The molecule has 1 aliphatic heterocycles. The zero-order valence-electron chi connectivity index (χ0n) is 10.3. The van der Waals surface area contributed by atoms with Crippen LogP contribution in [-0.4, -0.2) is 28.9 Å². The van der Waals surface area contributed by atoms with E-state index in [0.717, 1.165) is 0 Å². The largest absolute Gasteiger partial charge is 0.478 e. The average Bonchev–Trinajstić information content (AvgIpc) is 2.74. The number of aliphatic hydroxyl groups is 1. The first-order chi connectivity index (χ1) is 9.02. The van der Waals surface area contributed by atoms with Gasteiger partial charge < -0.3 is 9.84 Å². The van der Waals surface area contributed by atoms with Crippen LogP contribution in [0.25, 0.3) is 0 Å². The summed E-state index contributed by atoms with van der Waals surface area (Å²) in [6, 6.07) is 6.55. The Morgan fingerprint density at radius 3 is 2.37 bits per heavy atom. The molecule has 0 amide bonds. The van der Waals surface area contributed by atoms with E-state index in [9.17, 15) is 14.7 Å². The van der Waals surface area contributed by atoms with Crippen LogP contribution >= 0.6 is 0 Å². The van der Waals surface area contributed by atoms with Crippen molar-refractivity contribution in [1.29, 1.82) is 0 Å². The standard InChI is InChI=1S/C15H12O4/c1-7(2)14-13(18)10-11(16)8-5-3-4-6-9(8)12(17)15(10)19-14/h3-6,13-14,18H,1H2,2H3/t13-,14+/m0/s1. The second kappa shape index (κ2) is 3.90. The minimum atomic E-state index is -1.13. The van der Waals surface area contributed by atoms with E-state index < -0.39 is 12.2 Å². The van der Waals surface area contributed by atoms with Crippen LogP contribution in [0.2, 0.25) is 0 Å². The van der Waals surface area contributed by atoms with Gasteiger partial charge in [-0.2, -0.15) is 0 Å². The Hall–Kier alpha value is -2.20. The molecule has 0 fully saturated rings. The first-order valence-electron chi connectivity index (χ1n) is 5.95. The van der Waals surface area contributed by atoms with E-state index in [2.05, 4.69) is 6.58 Å². The van der Waals surface area contributed by atoms with E-state index in [1.807, 2.05) is 0 Å². The lowest BCUT2D eigenvalue weighted by molar-refractivity contribution is 0.0644. The molecule has 1 aromatic rings. The van der Waals surface area contributed by atoms with Gasteiger partial charge in [-0.15, -0.1) is 0 Å². The second-order valence-electron chi connectivity index (χ2n) is 4.78. The van der Waals surface area contributed by atoms with Crippen molar-refractivity contribution in [3.05, 3.63) is 58.9 Å². The van der Waals surface area contributed by atoms with Crippen molar-refractivity contribution in [2.24, 2.45) is 0 Å². The summed E-state index contributed by atoms with van der Waals surface area (Å²) in [7, 11) is 0. The van der Waals surface area contributed by atoms with E-state index >= 15 is 0 Å². The number of carbonyl (C=O) groups excluding carboxylic acids is 2. The number of hydrogen-bond donors (Lipinski definition) is 1. The van der Waals surface area contributed by atoms with Gasteiger partial charge in [-0.25, -0.2) is 0 Å². The van der Waals surface area contributed by atoms with Crippen LogP contribution in [0.15, 0.2) is 47.7 Å². The number of allylic oxidation sites excluding steroid dienone is 1. The number of ether oxygens (including phenoxy) is 1. The topological polar surface area (TPSA) is 63.6 Å². The number of Topliss-reactive ketones (excluding diaryl/α,β-unsaturated/α-hetero) is 2. The summed E-state index contributed by atoms with van der Waals surface area (Å²) in [4.78, 5) is 24.6. The molecule has 0 spiro atoms. The van der Waals surface area contributed by atoms with Crippen molar-refractivity contribution >= 4 is 11.6 Å². The van der Waals surface area contributed by atoms with Gasteiger partial charge in [0.05, 0.1) is 5.57 Å². The number of ketones is 2. The molecule has 2 aliphatic rings. The molecule has 1 aliphatic carbocycles. The Bertz CT molecular complexity index is 654. The number of benzene rings is 1. The zero-order chi connectivity index (χ0) is 13.7. The Morgan fingerprint density at radius 1 is 1.21 bits per heavy atom. The first-order valence-corrected chi connectivity index (χ1v) is 5.95. The third kappa shape index (κ3) is 1.50. The molecule has 3 rings (SSSR count). The lowest BCUT2D eigenvalue weighted by Gasteiger charge is -2.15. The van der Waals surface area contributed by atoms with Crippen LogP contribution in [0.5, 0.6) is 0 Å². The molecule has 0 saturated carbocycles. The number of rotatable bonds is 1. The molecular weight excluding hydrogens is 244 g/mol. The molecule has 0 radical (unpaired) electrons. The summed E-state index contributed by atoms with van der Waals surface area (Å²) in [5, 5.41) is 10.2. The summed E-state index contributed by atoms with van der Waals surface area (Å²) in [6.45, 7) is 5.40.